The molecule has 4 rings (SSSR count). The Balaban J connectivity index is 1.63. The molecule has 4 aromatic rings. The molecule has 0 aliphatic heterocycles. The lowest BCUT2D eigenvalue weighted by Crippen LogP contribution is -2.14. The molecule has 1 heterocycles. The fourth-order valence-corrected chi connectivity index (χ4v) is 6.76. The van der Waals surface area contributed by atoms with Crippen LogP contribution in [0.2, 0.25) is 20.1 Å². The van der Waals surface area contributed by atoms with Gasteiger partial charge in [0, 0.05) is 21.5 Å². The highest BCUT2D eigenvalue weighted by Crippen LogP contribution is 2.35. The zero-order valence-electron chi connectivity index (χ0n) is 16.8. The standard InChI is InChI=1S/C22H16Cl4N2O2S2/c1-11-3-4-19-20(5-11)31-22(27-19)9-14-16(24)7-13(8-17(14)25)28-32(29,30)21-6-12(2)15(23)10-18(21)26/h3-8,10,28H,9H2,1-2H3. The van der Waals surface area contributed by atoms with Crippen molar-refractivity contribution in [2.45, 2.75) is 25.2 Å². The van der Waals surface area contributed by atoms with Crippen LogP contribution < -0.4 is 4.72 Å². The summed E-state index contributed by atoms with van der Waals surface area (Å²) in [6.45, 7) is 3.73. The van der Waals surface area contributed by atoms with E-state index < -0.39 is 10.0 Å². The summed E-state index contributed by atoms with van der Waals surface area (Å²) in [5, 5.41) is 1.95. The molecular formula is C22H16Cl4N2O2S2. The number of hydrogen-bond donors (Lipinski definition) is 1. The summed E-state index contributed by atoms with van der Waals surface area (Å²) in [5.41, 5.74) is 3.58. The van der Waals surface area contributed by atoms with Gasteiger partial charge in [-0.2, -0.15) is 0 Å². The lowest BCUT2D eigenvalue weighted by molar-refractivity contribution is 0.601. The van der Waals surface area contributed by atoms with Gasteiger partial charge in [-0.25, -0.2) is 13.4 Å². The average Bonchev–Trinajstić information content (AvgIpc) is 3.08. The summed E-state index contributed by atoms with van der Waals surface area (Å²) in [5.74, 6) is 0. The predicted octanol–water partition coefficient (Wildman–Crippen LogP) is 7.92. The Hall–Kier alpha value is -1.54. The molecule has 0 aliphatic rings. The zero-order chi connectivity index (χ0) is 23.2. The Bertz CT molecular complexity index is 1440. The normalized spacial score (nSPS) is 11.8. The minimum atomic E-state index is -3.98. The van der Waals surface area contributed by atoms with Crippen LogP contribution in [-0.2, 0) is 16.4 Å². The summed E-state index contributed by atoms with van der Waals surface area (Å²) in [6, 6.07) is 11.9. The fraction of sp³-hybridized carbons (Fsp3) is 0.136. The molecule has 0 aliphatic carbocycles. The minimum absolute atomic E-state index is 0.0213. The van der Waals surface area contributed by atoms with Crippen LogP contribution in [0.15, 0.2) is 47.4 Å². The van der Waals surface area contributed by atoms with Gasteiger partial charge in [0.1, 0.15) is 4.90 Å². The molecule has 1 N–H and O–H groups in total. The lowest BCUT2D eigenvalue weighted by atomic mass is 10.1. The van der Waals surface area contributed by atoms with E-state index in [4.69, 9.17) is 46.4 Å². The summed E-state index contributed by atoms with van der Waals surface area (Å²) >= 11 is 26.7. The molecule has 0 radical (unpaired) electrons. The first-order valence-corrected chi connectivity index (χ1v) is 13.2. The van der Waals surface area contributed by atoms with Crippen LogP contribution in [0, 0.1) is 13.8 Å². The van der Waals surface area contributed by atoms with Gasteiger partial charge in [-0.15, -0.1) is 11.3 Å². The third kappa shape index (κ3) is 4.86. The third-order valence-electron chi connectivity index (χ3n) is 4.81. The average molecular weight is 546 g/mol. The molecule has 0 amide bonds. The Labute approximate surface area is 210 Å². The Morgan fingerprint density at radius 2 is 1.59 bits per heavy atom. The highest BCUT2D eigenvalue weighted by molar-refractivity contribution is 7.92. The first-order valence-electron chi connectivity index (χ1n) is 9.36. The summed E-state index contributed by atoms with van der Waals surface area (Å²) in [6.07, 6.45) is 0.436. The molecule has 32 heavy (non-hydrogen) atoms. The number of nitrogens with one attached hydrogen (secondary N) is 1. The molecule has 0 spiro atoms. The Morgan fingerprint density at radius 3 is 2.28 bits per heavy atom. The number of anilines is 1. The van der Waals surface area contributed by atoms with Gasteiger partial charge in [0.15, 0.2) is 0 Å². The number of aryl methyl sites for hydroxylation is 2. The van der Waals surface area contributed by atoms with E-state index in [-0.39, 0.29) is 15.6 Å². The van der Waals surface area contributed by atoms with Gasteiger partial charge >= 0.3 is 0 Å². The Kier molecular flexibility index (Phi) is 6.65. The Morgan fingerprint density at radius 1 is 0.906 bits per heavy atom. The largest absolute Gasteiger partial charge is 0.279 e. The maximum Gasteiger partial charge on any atom is 0.263 e. The maximum atomic E-state index is 12.9. The molecule has 0 fully saturated rings. The van der Waals surface area contributed by atoms with Gasteiger partial charge in [0.2, 0.25) is 0 Å². The molecule has 3 aromatic carbocycles. The molecule has 0 saturated carbocycles. The van der Waals surface area contributed by atoms with E-state index in [2.05, 4.69) is 15.8 Å². The first kappa shape index (κ1) is 23.6. The van der Waals surface area contributed by atoms with Crippen molar-refractivity contribution >= 4 is 83.7 Å². The summed E-state index contributed by atoms with van der Waals surface area (Å²) < 4.78 is 29.3. The molecule has 10 heteroatoms. The number of aromatic nitrogens is 1. The van der Waals surface area contributed by atoms with Crippen LogP contribution in [0.3, 0.4) is 0 Å². The number of nitrogens with zero attached hydrogens (tertiary/aromatic N) is 1. The smallest absolute Gasteiger partial charge is 0.263 e. The molecular weight excluding hydrogens is 530 g/mol. The van der Waals surface area contributed by atoms with E-state index in [0.717, 1.165) is 20.8 Å². The van der Waals surface area contributed by atoms with E-state index in [1.807, 2.05) is 19.1 Å². The molecule has 0 saturated heterocycles. The van der Waals surface area contributed by atoms with Crippen molar-refractivity contribution in [3.8, 4) is 0 Å². The third-order valence-corrected chi connectivity index (χ3v) is 8.76. The fourth-order valence-electron chi connectivity index (χ4n) is 3.18. The van der Waals surface area contributed by atoms with Crippen LogP contribution in [0.5, 0.6) is 0 Å². The van der Waals surface area contributed by atoms with E-state index in [9.17, 15) is 8.42 Å². The van der Waals surface area contributed by atoms with E-state index in [1.165, 1.54) is 24.3 Å². The summed E-state index contributed by atoms with van der Waals surface area (Å²) in [4.78, 5) is 4.56. The van der Waals surface area contributed by atoms with Crippen molar-refractivity contribution in [1.29, 1.82) is 0 Å². The predicted molar refractivity (Wildman–Crippen MR) is 136 cm³/mol. The molecule has 0 atom stereocenters. The first-order chi connectivity index (χ1) is 15.0. The van der Waals surface area contributed by atoms with Crippen molar-refractivity contribution in [2.75, 3.05) is 4.72 Å². The van der Waals surface area contributed by atoms with E-state index in [0.29, 0.717) is 32.6 Å². The van der Waals surface area contributed by atoms with Gasteiger partial charge in [0.25, 0.3) is 10.0 Å². The number of fused-ring (bicyclic) bond motifs is 1. The van der Waals surface area contributed by atoms with Crippen molar-refractivity contribution in [2.24, 2.45) is 0 Å². The van der Waals surface area contributed by atoms with Crippen LogP contribution in [-0.4, -0.2) is 13.4 Å². The quantitative estimate of drug-likeness (QED) is 0.277. The maximum absolute atomic E-state index is 12.9. The van der Waals surface area contributed by atoms with Crippen molar-refractivity contribution in [3.05, 3.63) is 84.3 Å². The van der Waals surface area contributed by atoms with Gasteiger partial charge in [-0.05, 0) is 66.9 Å². The summed E-state index contributed by atoms with van der Waals surface area (Å²) in [7, 11) is -3.98. The van der Waals surface area contributed by atoms with Crippen molar-refractivity contribution in [3.63, 3.8) is 0 Å². The SMILES string of the molecule is Cc1ccc2nc(Cc3c(Cl)cc(NS(=O)(=O)c4cc(C)c(Cl)cc4Cl)cc3Cl)sc2c1. The highest BCUT2D eigenvalue weighted by atomic mass is 35.5. The minimum Gasteiger partial charge on any atom is -0.279 e. The lowest BCUT2D eigenvalue weighted by Gasteiger charge is -2.13. The number of thiazole rings is 1. The topological polar surface area (TPSA) is 59.1 Å². The van der Waals surface area contributed by atoms with Gasteiger partial charge in [-0.1, -0.05) is 52.5 Å². The van der Waals surface area contributed by atoms with Crippen LogP contribution in [0.25, 0.3) is 10.2 Å². The van der Waals surface area contributed by atoms with E-state index >= 15 is 0 Å². The number of halogens is 4. The number of benzene rings is 3. The number of sulfonamides is 1. The molecule has 4 nitrogen and oxygen atoms in total. The van der Waals surface area contributed by atoms with Gasteiger partial charge in [0.05, 0.1) is 25.9 Å². The molecule has 0 unspecified atom stereocenters. The van der Waals surface area contributed by atoms with Crippen LogP contribution >= 0.6 is 57.7 Å². The second kappa shape index (κ2) is 9.01. The monoisotopic (exact) mass is 544 g/mol. The van der Waals surface area contributed by atoms with E-state index in [1.54, 1.807) is 18.3 Å². The number of rotatable bonds is 5. The molecule has 0 bridgehead atoms. The van der Waals surface area contributed by atoms with Crippen molar-refractivity contribution < 1.29 is 8.42 Å². The zero-order valence-corrected chi connectivity index (χ0v) is 21.5. The van der Waals surface area contributed by atoms with Crippen molar-refractivity contribution in [1.82, 2.24) is 4.98 Å². The van der Waals surface area contributed by atoms with Gasteiger partial charge in [-0.3, -0.25) is 4.72 Å². The molecule has 1 aromatic heterocycles. The van der Waals surface area contributed by atoms with Gasteiger partial charge < -0.3 is 0 Å². The molecule has 166 valence electrons. The second-order valence-corrected chi connectivity index (χ2v) is 11.7. The van der Waals surface area contributed by atoms with Crippen LogP contribution in [0.1, 0.15) is 21.7 Å². The number of hydrogen-bond acceptors (Lipinski definition) is 4. The van der Waals surface area contributed by atoms with Crippen LogP contribution in [0.4, 0.5) is 5.69 Å². The second-order valence-electron chi connectivity index (χ2n) is 7.31. The highest BCUT2D eigenvalue weighted by Gasteiger charge is 2.21.